The molecular formula is C12H14N2O2S. The third kappa shape index (κ3) is 3.93. The summed E-state index contributed by atoms with van der Waals surface area (Å²) in [5.41, 5.74) is 5.88. The average Bonchev–Trinajstić information content (AvgIpc) is 2.32. The molecule has 0 saturated carbocycles. The highest BCUT2D eigenvalue weighted by Crippen LogP contribution is 2.23. The monoisotopic (exact) mass is 250 g/mol. The topological polar surface area (TPSA) is 75.4 Å². The molecule has 1 aromatic carbocycles. The van der Waals surface area contributed by atoms with E-state index in [1.165, 1.54) is 12.1 Å². The van der Waals surface area contributed by atoms with Crippen LogP contribution in [0.1, 0.15) is 10.4 Å². The Hall–Kier alpha value is -1.80. The number of amides is 1. The predicted molar refractivity (Wildman–Crippen MR) is 71.0 cm³/mol. The zero-order valence-electron chi connectivity index (χ0n) is 9.27. The van der Waals surface area contributed by atoms with Gasteiger partial charge in [0.1, 0.15) is 0 Å². The van der Waals surface area contributed by atoms with E-state index in [-0.39, 0.29) is 22.9 Å². The minimum absolute atomic E-state index is 0.179. The van der Waals surface area contributed by atoms with E-state index in [2.05, 4.69) is 11.2 Å². The van der Waals surface area contributed by atoms with Gasteiger partial charge in [0.05, 0.1) is 17.0 Å². The third-order valence-corrected chi connectivity index (χ3v) is 2.89. The molecule has 1 aromatic rings. The van der Waals surface area contributed by atoms with Crippen molar-refractivity contribution in [1.29, 1.82) is 0 Å². The fourth-order valence-corrected chi connectivity index (χ4v) is 1.72. The van der Waals surface area contributed by atoms with Gasteiger partial charge in [-0.3, -0.25) is 4.79 Å². The Morgan fingerprint density at radius 1 is 1.59 bits per heavy atom. The maximum Gasteiger partial charge on any atom is 0.255 e. The van der Waals surface area contributed by atoms with Crippen LogP contribution >= 0.6 is 11.8 Å². The number of aromatic hydroxyl groups is 1. The Morgan fingerprint density at radius 2 is 2.35 bits per heavy atom. The maximum absolute atomic E-state index is 11.7. The Kier molecular flexibility index (Phi) is 5.24. The van der Waals surface area contributed by atoms with Gasteiger partial charge < -0.3 is 16.2 Å². The summed E-state index contributed by atoms with van der Waals surface area (Å²) >= 11 is 1.56. The number of anilines is 1. The van der Waals surface area contributed by atoms with Crippen molar-refractivity contribution in [3.8, 4) is 18.1 Å². The Labute approximate surface area is 105 Å². The highest BCUT2D eigenvalue weighted by Gasteiger charge is 2.11. The van der Waals surface area contributed by atoms with Crippen molar-refractivity contribution in [2.24, 2.45) is 0 Å². The van der Waals surface area contributed by atoms with Crippen LogP contribution in [0.3, 0.4) is 0 Å². The molecule has 1 amide bonds. The van der Waals surface area contributed by atoms with Gasteiger partial charge in [0, 0.05) is 12.3 Å². The van der Waals surface area contributed by atoms with Crippen molar-refractivity contribution in [2.45, 2.75) is 0 Å². The molecular weight excluding hydrogens is 236 g/mol. The lowest BCUT2D eigenvalue weighted by molar-refractivity contribution is 0.0953. The number of hydrogen-bond donors (Lipinski definition) is 3. The van der Waals surface area contributed by atoms with E-state index >= 15 is 0 Å². The van der Waals surface area contributed by atoms with Crippen LogP contribution in [0.25, 0.3) is 0 Å². The standard InChI is InChI=1S/C12H14N2O2S/c1-2-7-17-8-6-14-12(16)9-4-3-5-10(13)11(9)15/h1,3-5,15H,6-8,13H2,(H,14,16). The molecule has 0 aliphatic heterocycles. The number of carbonyl (C=O) groups excluding carboxylic acids is 1. The zero-order chi connectivity index (χ0) is 12.7. The number of phenolic OH excluding ortho intramolecular Hbond substituents is 1. The number of nitrogen functional groups attached to an aromatic ring is 1. The fraction of sp³-hybridized carbons (Fsp3) is 0.250. The minimum atomic E-state index is -0.337. The van der Waals surface area contributed by atoms with Crippen LogP contribution in [0, 0.1) is 12.3 Å². The van der Waals surface area contributed by atoms with Crippen molar-refractivity contribution in [1.82, 2.24) is 5.32 Å². The molecule has 0 fully saturated rings. The predicted octanol–water partition coefficient (Wildman–Crippen LogP) is 1.07. The lowest BCUT2D eigenvalue weighted by atomic mass is 10.1. The summed E-state index contributed by atoms with van der Waals surface area (Å²) in [5.74, 6) is 3.34. The molecule has 0 bridgehead atoms. The number of hydrogen-bond acceptors (Lipinski definition) is 4. The van der Waals surface area contributed by atoms with Crippen molar-refractivity contribution in [2.75, 3.05) is 23.8 Å². The van der Waals surface area contributed by atoms with Gasteiger partial charge in [0.25, 0.3) is 5.91 Å². The van der Waals surface area contributed by atoms with Crippen molar-refractivity contribution in [3.05, 3.63) is 23.8 Å². The third-order valence-electron chi connectivity index (χ3n) is 2.03. The molecule has 0 radical (unpaired) electrons. The van der Waals surface area contributed by atoms with E-state index in [1.54, 1.807) is 17.8 Å². The van der Waals surface area contributed by atoms with Gasteiger partial charge in [-0.1, -0.05) is 12.0 Å². The van der Waals surface area contributed by atoms with E-state index in [0.29, 0.717) is 12.3 Å². The van der Waals surface area contributed by atoms with Gasteiger partial charge in [-0.05, 0) is 12.1 Å². The summed E-state index contributed by atoms with van der Waals surface area (Å²) in [6.07, 6.45) is 5.09. The van der Waals surface area contributed by atoms with Gasteiger partial charge in [-0.2, -0.15) is 0 Å². The molecule has 17 heavy (non-hydrogen) atoms. The molecule has 0 unspecified atom stereocenters. The van der Waals surface area contributed by atoms with Gasteiger partial charge in [-0.15, -0.1) is 18.2 Å². The van der Waals surface area contributed by atoms with Crippen LogP contribution in [0.2, 0.25) is 0 Å². The first-order valence-electron chi connectivity index (χ1n) is 5.03. The second-order valence-electron chi connectivity index (χ2n) is 3.26. The smallest absolute Gasteiger partial charge is 0.255 e. The molecule has 4 N–H and O–H groups in total. The first kappa shape index (κ1) is 13.3. The van der Waals surface area contributed by atoms with Crippen LogP contribution in [-0.2, 0) is 0 Å². The van der Waals surface area contributed by atoms with Crippen LogP contribution in [0.15, 0.2) is 18.2 Å². The summed E-state index contributed by atoms with van der Waals surface area (Å²) in [7, 11) is 0. The molecule has 4 nitrogen and oxygen atoms in total. The van der Waals surface area contributed by atoms with Gasteiger partial charge >= 0.3 is 0 Å². The van der Waals surface area contributed by atoms with Crippen LogP contribution in [0.4, 0.5) is 5.69 Å². The van der Waals surface area contributed by atoms with Crippen LogP contribution in [0.5, 0.6) is 5.75 Å². The maximum atomic E-state index is 11.7. The highest BCUT2D eigenvalue weighted by molar-refractivity contribution is 7.99. The summed E-state index contributed by atoms with van der Waals surface area (Å²) < 4.78 is 0. The van der Waals surface area contributed by atoms with E-state index in [0.717, 1.165) is 5.75 Å². The molecule has 0 aliphatic rings. The number of benzene rings is 1. The largest absolute Gasteiger partial charge is 0.505 e. The number of thioether (sulfide) groups is 1. The summed E-state index contributed by atoms with van der Waals surface area (Å²) in [6, 6.07) is 4.68. The normalized spacial score (nSPS) is 9.59. The Morgan fingerprint density at radius 3 is 3.06 bits per heavy atom. The molecule has 0 saturated heterocycles. The fourth-order valence-electron chi connectivity index (χ4n) is 1.21. The van der Waals surface area contributed by atoms with Gasteiger partial charge in [0.2, 0.25) is 0 Å². The number of nitrogens with one attached hydrogen (secondary N) is 1. The van der Waals surface area contributed by atoms with E-state index in [1.807, 2.05) is 0 Å². The highest BCUT2D eigenvalue weighted by atomic mass is 32.2. The van der Waals surface area contributed by atoms with E-state index in [4.69, 9.17) is 12.2 Å². The molecule has 0 heterocycles. The Bertz CT molecular complexity index is 441. The quantitative estimate of drug-likeness (QED) is 0.316. The number of rotatable bonds is 5. The van der Waals surface area contributed by atoms with Gasteiger partial charge in [0.15, 0.2) is 5.75 Å². The number of phenols is 1. The minimum Gasteiger partial charge on any atom is -0.505 e. The lowest BCUT2D eigenvalue weighted by Crippen LogP contribution is -2.26. The van der Waals surface area contributed by atoms with Crippen molar-refractivity contribution < 1.29 is 9.90 Å². The van der Waals surface area contributed by atoms with Crippen molar-refractivity contribution >= 4 is 23.4 Å². The van der Waals surface area contributed by atoms with Crippen LogP contribution in [-0.4, -0.2) is 29.1 Å². The zero-order valence-corrected chi connectivity index (χ0v) is 10.1. The molecule has 0 atom stereocenters. The number of nitrogens with two attached hydrogens (primary N) is 1. The lowest BCUT2D eigenvalue weighted by Gasteiger charge is -2.07. The number of para-hydroxylation sites is 1. The SMILES string of the molecule is C#CCSCCNC(=O)c1cccc(N)c1O. The molecule has 0 aliphatic carbocycles. The summed E-state index contributed by atoms with van der Waals surface area (Å²) in [5, 5.41) is 12.3. The summed E-state index contributed by atoms with van der Waals surface area (Å²) in [4.78, 5) is 11.7. The second kappa shape index (κ2) is 6.71. The molecule has 0 aromatic heterocycles. The van der Waals surface area contributed by atoms with E-state index in [9.17, 15) is 9.90 Å². The first-order valence-corrected chi connectivity index (χ1v) is 6.19. The van der Waals surface area contributed by atoms with Crippen LogP contribution < -0.4 is 11.1 Å². The molecule has 90 valence electrons. The molecule has 1 rings (SSSR count). The summed E-state index contributed by atoms with van der Waals surface area (Å²) in [6.45, 7) is 0.499. The molecule has 5 heteroatoms. The molecule has 0 spiro atoms. The Balaban J connectivity index is 2.48. The van der Waals surface area contributed by atoms with Crippen molar-refractivity contribution in [3.63, 3.8) is 0 Å². The average molecular weight is 250 g/mol. The van der Waals surface area contributed by atoms with Gasteiger partial charge in [-0.25, -0.2) is 0 Å². The first-order chi connectivity index (χ1) is 8.16. The second-order valence-corrected chi connectivity index (χ2v) is 4.36. The number of terminal acetylenes is 1. The van der Waals surface area contributed by atoms with E-state index < -0.39 is 0 Å². The number of carbonyl (C=O) groups is 1.